The summed E-state index contributed by atoms with van der Waals surface area (Å²) in [6.45, 7) is -0.0898. The molecule has 2 heterocycles. The number of rotatable bonds is 5. The molecule has 1 aliphatic carbocycles. The molecule has 1 aromatic carbocycles. The molecule has 0 aliphatic heterocycles. The zero-order valence-electron chi connectivity index (χ0n) is 15.7. The number of esters is 1. The summed E-state index contributed by atoms with van der Waals surface area (Å²) < 4.78 is 17.5. The molecule has 1 aliphatic rings. The predicted octanol–water partition coefficient (Wildman–Crippen LogP) is 3.01. The molecule has 0 spiro atoms. The highest BCUT2D eigenvalue weighted by Crippen LogP contribution is 2.31. The van der Waals surface area contributed by atoms with Gasteiger partial charge in [0.1, 0.15) is 12.2 Å². The first-order valence-electron chi connectivity index (χ1n) is 9.03. The van der Waals surface area contributed by atoms with E-state index in [0.29, 0.717) is 22.2 Å². The number of hydrogen-bond donors (Lipinski definition) is 0. The lowest BCUT2D eigenvalue weighted by atomic mass is 10.0. The average Bonchev–Trinajstić information content (AvgIpc) is 3.10. The van der Waals surface area contributed by atoms with E-state index in [4.69, 9.17) is 14.2 Å². The number of thiazole rings is 1. The second kappa shape index (κ2) is 7.63. The summed E-state index contributed by atoms with van der Waals surface area (Å²) in [4.78, 5) is 31.5. The third kappa shape index (κ3) is 3.24. The summed E-state index contributed by atoms with van der Waals surface area (Å²) in [5.74, 6) is 0.187. The highest BCUT2D eigenvalue weighted by molar-refractivity contribution is 7.17. The van der Waals surface area contributed by atoms with Crippen LogP contribution in [-0.2, 0) is 24.2 Å². The number of hydrogen-bond acceptors (Lipinski definition) is 7. The number of para-hydroxylation sites is 1. The molecule has 0 saturated carbocycles. The average molecular weight is 400 g/mol. The highest BCUT2D eigenvalue weighted by atomic mass is 32.1. The number of aryl methyl sites for hydroxylation is 2. The van der Waals surface area contributed by atoms with Crippen molar-refractivity contribution in [2.75, 3.05) is 14.2 Å². The van der Waals surface area contributed by atoms with Crippen molar-refractivity contribution in [1.82, 2.24) is 9.38 Å². The van der Waals surface area contributed by atoms with E-state index in [9.17, 15) is 9.59 Å². The lowest BCUT2D eigenvalue weighted by molar-refractivity contribution is 0.0463. The van der Waals surface area contributed by atoms with Crippen LogP contribution in [0.5, 0.6) is 11.5 Å². The third-order valence-corrected chi connectivity index (χ3v) is 5.93. The van der Waals surface area contributed by atoms with Crippen molar-refractivity contribution in [3.63, 3.8) is 0 Å². The van der Waals surface area contributed by atoms with Crippen LogP contribution in [0.15, 0.2) is 29.1 Å². The van der Waals surface area contributed by atoms with Crippen molar-refractivity contribution < 1.29 is 19.0 Å². The molecule has 28 heavy (non-hydrogen) atoms. The number of benzene rings is 1. The van der Waals surface area contributed by atoms with E-state index < -0.39 is 5.97 Å². The van der Waals surface area contributed by atoms with Crippen LogP contribution in [0, 0.1) is 0 Å². The molecule has 0 amide bonds. The van der Waals surface area contributed by atoms with Crippen LogP contribution in [0.25, 0.3) is 4.96 Å². The molecule has 146 valence electrons. The van der Waals surface area contributed by atoms with Gasteiger partial charge in [-0.1, -0.05) is 6.07 Å². The van der Waals surface area contributed by atoms with Gasteiger partial charge in [-0.15, -0.1) is 11.3 Å². The van der Waals surface area contributed by atoms with Crippen molar-refractivity contribution >= 4 is 22.3 Å². The number of fused-ring (bicyclic) bond motifs is 3. The van der Waals surface area contributed by atoms with E-state index in [1.165, 1.54) is 25.2 Å². The quantitative estimate of drug-likeness (QED) is 0.613. The molecule has 4 rings (SSSR count). The molecule has 3 aromatic rings. The maximum Gasteiger partial charge on any atom is 0.342 e. The molecule has 2 aromatic heterocycles. The summed E-state index contributed by atoms with van der Waals surface area (Å²) in [6, 6.07) is 6.42. The molecular weight excluding hydrogens is 380 g/mol. The Labute approximate surface area is 165 Å². The lowest BCUT2D eigenvalue weighted by Crippen LogP contribution is -2.18. The van der Waals surface area contributed by atoms with Crippen molar-refractivity contribution in [2.45, 2.75) is 32.3 Å². The number of aromatic nitrogens is 2. The van der Waals surface area contributed by atoms with Gasteiger partial charge >= 0.3 is 5.97 Å². The normalized spacial score (nSPS) is 13.2. The standard InChI is InChI=1S/C20H20N2O5S/c1-25-15-8-5-6-13(18(15)26-2)19(24)27-11-12-10-17(23)22-14-7-3-4-9-16(14)28-20(22)21-12/h5-6,8,10H,3-4,7,9,11H2,1-2H3. The van der Waals surface area contributed by atoms with Gasteiger partial charge in [-0.25, -0.2) is 9.78 Å². The van der Waals surface area contributed by atoms with Crippen molar-refractivity contribution in [3.8, 4) is 11.5 Å². The summed E-state index contributed by atoms with van der Waals surface area (Å²) in [5, 5.41) is 0. The maximum absolute atomic E-state index is 12.6. The van der Waals surface area contributed by atoms with Gasteiger partial charge in [0.15, 0.2) is 16.5 Å². The Hall–Kier alpha value is -2.87. The van der Waals surface area contributed by atoms with Gasteiger partial charge in [0, 0.05) is 16.6 Å². The van der Waals surface area contributed by atoms with E-state index in [-0.39, 0.29) is 17.7 Å². The number of ether oxygens (including phenoxy) is 3. The van der Waals surface area contributed by atoms with Crippen LogP contribution in [-0.4, -0.2) is 29.6 Å². The van der Waals surface area contributed by atoms with Crippen molar-refractivity contribution in [3.05, 3.63) is 56.4 Å². The summed E-state index contributed by atoms with van der Waals surface area (Å²) in [7, 11) is 2.96. The molecule has 0 radical (unpaired) electrons. The van der Waals surface area contributed by atoms with E-state index >= 15 is 0 Å². The molecule has 0 atom stereocenters. The molecule has 8 heteroatoms. The van der Waals surface area contributed by atoms with Crippen LogP contribution in [0.1, 0.15) is 39.5 Å². The Bertz CT molecular complexity index is 1100. The van der Waals surface area contributed by atoms with Gasteiger partial charge < -0.3 is 14.2 Å². The SMILES string of the molecule is COc1cccc(C(=O)OCc2cc(=O)n3c4c(sc3n2)CCCC4)c1OC. The smallest absolute Gasteiger partial charge is 0.342 e. The topological polar surface area (TPSA) is 79.1 Å². The summed E-state index contributed by atoms with van der Waals surface area (Å²) in [6.07, 6.45) is 4.12. The fourth-order valence-electron chi connectivity index (χ4n) is 3.48. The molecule has 0 saturated heterocycles. The summed E-state index contributed by atoms with van der Waals surface area (Å²) >= 11 is 1.54. The van der Waals surface area contributed by atoms with Crippen LogP contribution >= 0.6 is 11.3 Å². The first-order chi connectivity index (χ1) is 13.6. The number of carbonyl (C=O) groups excluding carboxylic acids is 1. The van der Waals surface area contributed by atoms with E-state index in [0.717, 1.165) is 31.4 Å². The van der Waals surface area contributed by atoms with Gasteiger partial charge in [0.2, 0.25) is 0 Å². The zero-order valence-corrected chi connectivity index (χ0v) is 16.5. The second-order valence-electron chi connectivity index (χ2n) is 6.50. The minimum atomic E-state index is -0.566. The minimum absolute atomic E-state index is 0.0898. The van der Waals surface area contributed by atoms with Gasteiger partial charge in [-0.2, -0.15) is 0 Å². The Morgan fingerprint density at radius 2 is 2.04 bits per heavy atom. The molecule has 0 fully saturated rings. The highest BCUT2D eigenvalue weighted by Gasteiger charge is 2.20. The zero-order chi connectivity index (χ0) is 19.7. The lowest BCUT2D eigenvalue weighted by Gasteiger charge is -2.12. The van der Waals surface area contributed by atoms with Crippen LogP contribution in [0.2, 0.25) is 0 Å². The van der Waals surface area contributed by atoms with E-state index in [1.54, 1.807) is 33.9 Å². The minimum Gasteiger partial charge on any atom is -0.493 e. The van der Waals surface area contributed by atoms with Crippen molar-refractivity contribution in [1.29, 1.82) is 0 Å². The van der Waals surface area contributed by atoms with Gasteiger partial charge in [0.05, 0.1) is 19.9 Å². The molecule has 0 unspecified atom stereocenters. The Morgan fingerprint density at radius 1 is 1.21 bits per heavy atom. The summed E-state index contributed by atoms with van der Waals surface area (Å²) in [5.41, 5.74) is 1.63. The van der Waals surface area contributed by atoms with Crippen molar-refractivity contribution in [2.24, 2.45) is 0 Å². The number of methoxy groups -OCH3 is 2. The van der Waals surface area contributed by atoms with Gasteiger partial charge in [-0.3, -0.25) is 9.20 Å². The fraction of sp³-hybridized carbons (Fsp3) is 0.350. The van der Waals surface area contributed by atoms with Crippen LogP contribution in [0.4, 0.5) is 0 Å². The Kier molecular flexibility index (Phi) is 5.04. The molecule has 0 N–H and O–H groups in total. The van der Waals surface area contributed by atoms with Gasteiger partial charge in [0.25, 0.3) is 5.56 Å². The third-order valence-electron chi connectivity index (χ3n) is 4.79. The Balaban J connectivity index is 1.58. The van der Waals surface area contributed by atoms with Gasteiger partial charge in [-0.05, 0) is 37.8 Å². The maximum atomic E-state index is 12.6. The first-order valence-corrected chi connectivity index (χ1v) is 9.85. The monoisotopic (exact) mass is 400 g/mol. The molecule has 0 bridgehead atoms. The molecular formula is C20H20N2O5S. The number of nitrogens with zero attached hydrogens (tertiary/aromatic N) is 2. The number of carbonyl (C=O) groups is 1. The largest absolute Gasteiger partial charge is 0.493 e. The van der Waals surface area contributed by atoms with Crippen LogP contribution < -0.4 is 15.0 Å². The fourth-order valence-corrected chi connectivity index (χ4v) is 4.71. The van der Waals surface area contributed by atoms with E-state index in [2.05, 4.69) is 4.98 Å². The van der Waals surface area contributed by atoms with Crippen LogP contribution in [0.3, 0.4) is 0 Å². The predicted molar refractivity (Wildman–Crippen MR) is 105 cm³/mol. The second-order valence-corrected chi connectivity index (χ2v) is 7.56. The Morgan fingerprint density at radius 3 is 2.82 bits per heavy atom. The first kappa shape index (κ1) is 18.5. The molecule has 7 nitrogen and oxygen atoms in total. The van der Waals surface area contributed by atoms with E-state index in [1.807, 2.05) is 0 Å².